The Hall–Kier alpha value is -1.30. The van der Waals surface area contributed by atoms with Crippen molar-refractivity contribution in [1.82, 2.24) is 5.32 Å². The number of halogens is 2. The van der Waals surface area contributed by atoms with Crippen molar-refractivity contribution in [3.05, 3.63) is 28.2 Å². The normalized spacial score (nSPS) is 13.5. The Labute approximate surface area is 133 Å². The van der Waals surface area contributed by atoms with Crippen molar-refractivity contribution in [3.63, 3.8) is 0 Å². The number of rotatable bonds is 7. The maximum atomic E-state index is 11.8. The number of hydrogen-bond donors (Lipinski definition) is 3. The molecule has 1 amide bonds. The molecule has 0 unspecified atom stereocenters. The van der Waals surface area contributed by atoms with Gasteiger partial charge in [0.15, 0.2) is 0 Å². The van der Waals surface area contributed by atoms with Gasteiger partial charge in [0.05, 0.1) is 17.3 Å². The first-order chi connectivity index (χ1) is 9.85. The second-order valence-electron chi connectivity index (χ2n) is 4.75. The summed E-state index contributed by atoms with van der Waals surface area (Å²) in [6, 6.07) is 3.95. The number of benzene rings is 1. The van der Waals surface area contributed by atoms with Crippen molar-refractivity contribution >= 4 is 40.8 Å². The molecule has 21 heavy (non-hydrogen) atoms. The summed E-state index contributed by atoms with van der Waals surface area (Å²) in [6.45, 7) is 3.61. The molecule has 5 nitrogen and oxygen atoms in total. The molecule has 0 fully saturated rings. The number of hydrogen-bond acceptors (Lipinski definition) is 3. The summed E-state index contributed by atoms with van der Waals surface area (Å²) in [5.41, 5.74) is 0.434. The van der Waals surface area contributed by atoms with E-state index in [9.17, 15) is 9.59 Å². The van der Waals surface area contributed by atoms with Crippen LogP contribution in [-0.4, -0.2) is 29.6 Å². The predicted octanol–water partition coefficient (Wildman–Crippen LogP) is 3.02. The van der Waals surface area contributed by atoms with Gasteiger partial charge in [0.25, 0.3) is 0 Å². The smallest absolute Gasteiger partial charge is 0.320 e. The van der Waals surface area contributed by atoms with Crippen LogP contribution in [-0.2, 0) is 9.59 Å². The molecule has 116 valence electrons. The number of carbonyl (C=O) groups is 2. The number of nitrogens with one attached hydrogen (secondary N) is 2. The number of aliphatic carboxylic acids is 1. The molecule has 0 heterocycles. The third-order valence-electron chi connectivity index (χ3n) is 3.17. The fourth-order valence-corrected chi connectivity index (χ4v) is 2.21. The molecule has 2 atom stereocenters. The number of amides is 1. The zero-order chi connectivity index (χ0) is 16.0. The van der Waals surface area contributed by atoms with Crippen LogP contribution in [0.2, 0.25) is 10.0 Å². The lowest BCUT2D eigenvalue weighted by molar-refractivity contribution is -0.140. The van der Waals surface area contributed by atoms with Gasteiger partial charge in [0, 0.05) is 5.02 Å². The van der Waals surface area contributed by atoms with Crippen LogP contribution in [0.1, 0.15) is 20.3 Å². The highest BCUT2D eigenvalue weighted by Crippen LogP contribution is 2.25. The van der Waals surface area contributed by atoms with Crippen molar-refractivity contribution in [2.24, 2.45) is 5.92 Å². The SMILES string of the molecule is CC[C@H](C)[C@H](NCC(=O)Nc1ccc(Cl)cc1Cl)C(=O)O. The molecule has 0 saturated heterocycles. The van der Waals surface area contributed by atoms with Gasteiger partial charge < -0.3 is 10.4 Å². The fourth-order valence-electron chi connectivity index (χ4n) is 1.76. The number of carboxylic acid groups (broad SMARTS) is 1. The lowest BCUT2D eigenvalue weighted by Gasteiger charge is -2.20. The molecule has 0 aliphatic carbocycles. The summed E-state index contributed by atoms with van der Waals surface area (Å²) in [7, 11) is 0. The molecular weight excluding hydrogens is 315 g/mol. The summed E-state index contributed by atoms with van der Waals surface area (Å²) in [5, 5.41) is 15.3. The van der Waals surface area contributed by atoms with Crippen LogP contribution in [0.5, 0.6) is 0 Å². The topological polar surface area (TPSA) is 78.4 Å². The quantitative estimate of drug-likeness (QED) is 0.717. The Bertz CT molecular complexity index is 523. The van der Waals surface area contributed by atoms with Crippen LogP contribution in [0.4, 0.5) is 5.69 Å². The minimum atomic E-state index is -0.971. The molecule has 0 aliphatic heterocycles. The van der Waals surface area contributed by atoms with Crippen LogP contribution >= 0.6 is 23.2 Å². The van der Waals surface area contributed by atoms with Crippen LogP contribution < -0.4 is 10.6 Å². The first kappa shape index (κ1) is 17.8. The Morgan fingerprint density at radius 1 is 1.33 bits per heavy atom. The third kappa shape index (κ3) is 5.53. The monoisotopic (exact) mass is 332 g/mol. The highest BCUT2D eigenvalue weighted by atomic mass is 35.5. The van der Waals surface area contributed by atoms with Gasteiger partial charge in [0.2, 0.25) is 5.91 Å². The largest absolute Gasteiger partial charge is 0.480 e. The molecular formula is C14H18Cl2N2O3. The Morgan fingerprint density at radius 3 is 2.52 bits per heavy atom. The molecule has 0 radical (unpaired) electrons. The average Bonchev–Trinajstić information content (AvgIpc) is 2.41. The van der Waals surface area contributed by atoms with Crippen LogP contribution in [0, 0.1) is 5.92 Å². The van der Waals surface area contributed by atoms with Gasteiger partial charge in [-0.15, -0.1) is 0 Å². The van der Waals surface area contributed by atoms with E-state index in [1.54, 1.807) is 12.1 Å². The third-order valence-corrected chi connectivity index (χ3v) is 3.71. The van der Waals surface area contributed by atoms with E-state index in [2.05, 4.69) is 10.6 Å². The van der Waals surface area contributed by atoms with E-state index < -0.39 is 12.0 Å². The minimum Gasteiger partial charge on any atom is -0.480 e. The fraction of sp³-hybridized carbons (Fsp3) is 0.429. The van der Waals surface area contributed by atoms with Crippen LogP contribution in [0.15, 0.2) is 18.2 Å². The molecule has 1 aromatic rings. The standard InChI is InChI=1S/C14H18Cl2N2O3/c1-3-8(2)13(14(20)21)17-7-12(19)18-11-5-4-9(15)6-10(11)16/h4-6,8,13,17H,3,7H2,1-2H3,(H,18,19)(H,20,21)/t8-,13-/m0/s1. The van der Waals surface area contributed by atoms with E-state index in [4.69, 9.17) is 28.3 Å². The van der Waals surface area contributed by atoms with Crippen molar-refractivity contribution in [3.8, 4) is 0 Å². The summed E-state index contributed by atoms with van der Waals surface area (Å²) in [6.07, 6.45) is 0.703. The highest BCUT2D eigenvalue weighted by molar-refractivity contribution is 6.36. The maximum absolute atomic E-state index is 11.8. The minimum absolute atomic E-state index is 0.0746. The molecule has 1 aromatic carbocycles. The van der Waals surface area contributed by atoms with E-state index in [-0.39, 0.29) is 18.4 Å². The second-order valence-corrected chi connectivity index (χ2v) is 5.60. The van der Waals surface area contributed by atoms with Crippen molar-refractivity contribution < 1.29 is 14.7 Å². The first-order valence-corrected chi connectivity index (χ1v) is 7.31. The Morgan fingerprint density at radius 2 is 2.00 bits per heavy atom. The summed E-state index contributed by atoms with van der Waals surface area (Å²) in [5.74, 6) is -1.41. The molecule has 0 bridgehead atoms. The summed E-state index contributed by atoms with van der Waals surface area (Å²) in [4.78, 5) is 23.0. The second kappa shape index (κ2) is 8.22. The van der Waals surface area contributed by atoms with E-state index >= 15 is 0 Å². The Balaban J connectivity index is 2.59. The average molecular weight is 333 g/mol. The molecule has 0 aliphatic rings. The Kier molecular flexibility index (Phi) is 6.95. The predicted molar refractivity (Wildman–Crippen MR) is 84.0 cm³/mol. The molecule has 7 heteroatoms. The number of carbonyl (C=O) groups excluding carboxylic acids is 1. The van der Waals surface area contributed by atoms with Gasteiger partial charge in [0.1, 0.15) is 6.04 Å². The van der Waals surface area contributed by atoms with E-state index in [0.29, 0.717) is 22.2 Å². The molecule has 0 spiro atoms. The van der Waals surface area contributed by atoms with Gasteiger partial charge in [-0.05, 0) is 24.1 Å². The lowest BCUT2D eigenvalue weighted by Crippen LogP contribution is -2.45. The van der Waals surface area contributed by atoms with Crippen molar-refractivity contribution in [2.75, 3.05) is 11.9 Å². The van der Waals surface area contributed by atoms with E-state index in [1.807, 2.05) is 13.8 Å². The van der Waals surface area contributed by atoms with Crippen molar-refractivity contribution in [1.29, 1.82) is 0 Å². The maximum Gasteiger partial charge on any atom is 0.320 e. The van der Waals surface area contributed by atoms with E-state index in [1.165, 1.54) is 6.07 Å². The molecule has 0 saturated carbocycles. The molecule has 3 N–H and O–H groups in total. The van der Waals surface area contributed by atoms with E-state index in [0.717, 1.165) is 0 Å². The van der Waals surface area contributed by atoms with Crippen LogP contribution in [0.3, 0.4) is 0 Å². The van der Waals surface area contributed by atoms with Gasteiger partial charge in [-0.2, -0.15) is 0 Å². The van der Waals surface area contributed by atoms with Gasteiger partial charge in [-0.25, -0.2) is 0 Å². The van der Waals surface area contributed by atoms with Crippen LogP contribution in [0.25, 0.3) is 0 Å². The summed E-state index contributed by atoms with van der Waals surface area (Å²) < 4.78 is 0. The zero-order valence-corrected chi connectivity index (χ0v) is 13.3. The lowest BCUT2D eigenvalue weighted by atomic mass is 9.99. The highest BCUT2D eigenvalue weighted by Gasteiger charge is 2.23. The van der Waals surface area contributed by atoms with Crippen molar-refractivity contribution in [2.45, 2.75) is 26.3 Å². The zero-order valence-electron chi connectivity index (χ0n) is 11.8. The van der Waals surface area contributed by atoms with Gasteiger partial charge >= 0.3 is 5.97 Å². The number of carboxylic acids is 1. The van der Waals surface area contributed by atoms with Gasteiger partial charge in [-0.3, -0.25) is 14.9 Å². The first-order valence-electron chi connectivity index (χ1n) is 6.56. The number of anilines is 1. The summed E-state index contributed by atoms with van der Waals surface area (Å²) >= 11 is 11.7. The molecule has 1 rings (SSSR count). The van der Waals surface area contributed by atoms with Gasteiger partial charge in [-0.1, -0.05) is 43.5 Å². The molecule has 0 aromatic heterocycles.